The van der Waals surface area contributed by atoms with Crippen LogP contribution >= 0.6 is 0 Å². The zero-order valence-electron chi connectivity index (χ0n) is 12.9. The summed E-state index contributed by atoms with van der Waals surface area (Å²) in [5, 5.41) is 11.3. The van der Waals surface area contributed by atoms with Crippen molar-refractivity contribution in [1.82, 2.24) is 5.32 Å². The number of rotatable bonds is 9. The van der Waals surface area contributed by atoms with E-state index in [0.717, 1.165) is 12.0 Å². The molecule has 0 saturated carbocycles. The number of carbonyl (C=O) groups is 2. The molecule has 0 saturated heterocycles. The Labute approximate surface area is 126 Å². The van der Waals surface area contributed by atoms with Crippen molar-refractivity contribution in [1.29, 1.82) is 0 Å². The maximum Gasteiger partial charge on any atom is 0.303 e. The molecule has 0 aliphatic heterocycles. The summed E-state index contributed by atoms with van der Waals surface area (Å²) < 4.78 is 0. The van der Waals surface area contributed by atoms with E-state index in [0.29, 0.717) is 31.7 Å². The van der Waals surface area contributed by atoms with Crippen LogP contribution in [0.15, 0.2) is 24.3 Å². The van der Waals surface area contributed by atoms with Gasteiger partial charge in [-0.25, -0.2) is 0 Å². The lowest BCUT2D eigenvalue weighted by atomic mass is 10.0. The molecule has 4 nitrogen and oxygen atoms in total. The van der Waals surface area contributed by atoms with Crippen molar-refractivity contribution in [2.75, 3.05) is 6.54 Å². The van der Waals surface area contributed by atoms with Gasteiger partial charge in [0.2, 0.25) is 5.91 Å². The number of unbranched alkanes of at least 4 members (excludes halogenated alkanes) is 1. The molecule has 0 heterocycles. The quantitative estimate of drug-likeness (QED) is 0.688. The monoisotopic (exact) mass is 291 g/mol. The van der Waals surface area contributed by atoms with Gasteiger partial charge in [0, 0.05) is 13.0 Å². The highest BCUT2D eigenvalue weighted by Crippen LogP contribution is 2.10. The van der Waals surface area contributed by atoms with Crippen LogP contribution in [0.2, 0.25) is 0 Å². The van der Waals surface area contributed by atoms with Crippen molar-refractivity contribution in [3.63, 3.8) is 0 Å². The largest absolute Gasteiger partial charge is 0.481 e. The summed E-state index contributed by atoms with van der Waals surface area (Å²) in [6.07, 6.45) is 2.88. The predicted molar refractivity (Wildman–Crippen MR) is 83.2 cm³/mol. The van der Waals surface area contributed by atoms with Crippen LogP contribution in [0.3, 0.4) is 0 Å². The molecule has 4 heteroatoms. The fourth-order valence-electron chi connectivity index (χ4n) is 2.14. The molecule has 21 heavy (non-hydrogen) atoms. The van der Waals surface area contributed by atoms with Gasteiger partial charge < -0.3 is 10.4 Å². The minimum atomic E-state index is -0.789. The van der Waals surface area contributed by atoms with Crippen molar-refractivity contribution in [2.45, 2.75) is 46.0 Å². The van der Waals surface area contributed by atoms with E-state index in [1.54, 1.807) is 0 Å². The molecule has 1 amide bonds. The first-order valence-electron chi connectivity index (χ1n) is 7.53. The molecule has 1 aromatic carbocycles. The standard InChI is InChI=1S/C17H25NO3/c1-13(2)11-14-6-8-15(9-7-14)12-16(19)18-10-4-3-5-17(20)21/h6-9,13H,3-5,10-12H2,1-2H3,(H,18,19)(H,20,21). The van der Waals surface area contributed by atoms with E-state index in [4.69, 9.17) is 5.11 Å². The van der Waals surface area contributed by atoms with Gasteiger partial charge >= 0.3 is 5.97 Å². The maximum atomic E-state index is 11.7. The van der Waals surface area contributed by atoms with E-state index in [2.05, 4.69) is 31.3 Å². The summed E-state index contributed by atoms with van der Waals surface area (Å²) in [5.41, 5.74) is 2.30. The van der Waals surface area contributed by atoms with Crippen LogP contribution in [0, 0.1) is 5.92 Å². The summed E-state index contributed by atoms with van der Waals surface area (Å²) in [7, 11) is 0. The Balaban J connectivity index is 2.26. The summed E-state index contributed by atoms with van der Waals surface area (Å²) in [6, 6.07) is 8.16. The minimum Gasteiger partial charge on any atom is -0.481 e. The lowest BCUT2D eigenvalue weighted by molar-refractivity contribution is -0.137. The summed E-state index contributed by atoms with van der Waals surface area (Å²) in [5.74, 6) is -0.172. The average molecular weight is 291 g/mol. The highest BCUT2D eigenvalue weighted by molar-refractivity contribution is 5.78. The number of carboxylic acids is 1. The average Bonchev–Trinajstić information content (AvgIpc) is 2.39. The number of carbonyl (C=O) groups excluding carboxylic acids is 1. The Hall–Kier alpha value is -1.84. The number of amides is 1. The van der Waals surface area contributed by atoms with E-state index in [-0.39, 0.29) is 12.3 Å². The van der Waals surface area contributed by atoms with Gasteiger partial charge in [-0.15, -0.1) is 0 Å². The third-order valence-electron chi connectivity index (χ3n) is 3.17. The Bertz CT molecular complexity index is 452. The molecule has 0 radical (unpaired) electrons. The third kappa shape index (κ3) is 8.12. The molecule has 116 valence electrons. The van der Waals surface area contributed by atoms with Crippen LogP contribution in [0.1, 0.15) is 44.2 Å². The minimum absolute atomic E-state index is 0.0121. The van der Waals surface area contributed by atoms with Gasteiger partial charge in [-0.2, -0.15) is 0 Å². The zero-order valence-corrected chi connectivity index (χ0v) is 12.9. The van der Waals surface area contributed by atoms with Gasteiger partial charge in [0.15, 0.2) is 0 Å². The molecule has 0 spiro atoms. The molecule has 0 bridgehead atoms. The van der Waals surface area contributed by atoms with Crippen LogP contribution in [0.5, 0.6) is 0 Å². The number of hydrogen-bond acceptors (Lipinski definition) is 2. The molecule has 0 atom stereocenters. The number of benzene rings is 1. The van der Waals surface area contributed by atoms with Crippen LogP contribution in [-0.4, -0.2) is 23.5 Å². The van der Waals surface area contributed by atoms with E-state index in [9.17, 15) is 9.59 Å². The highest BCUT2D eigenvalue weighted by atomic mass is 16.4. The topological polar surface area (TPSA) is 66.4 Å². The van der Waals surface area contributed by atoms with Gasteiger partial charge in [0.1, 0.15) is 0 Å². The van der Waals surface area contributed by atoms with Gasteiger partial charge in [0.05, 0.1) is 6.42 Å². The van der Waals surface area contributed by atoms with Gasteiger partial charge in [0.25, 0.3) is 0 Å². The molecule has 0 fully saturated rings. The van der Waals surface area contributed by atoms with Crippen molar-refractivity contribution < 1.29 is 14.7 Å². The molecule has 0 aliphatic carbocycles. The Morgan fingerprint density at radius 1 is 1.10 bits per heavy atom. The van der Waals surface area contributed by atoms with Crippen LogP contribution in [0.25, 0.3) is 0 Å². The molecule has 1 aromatic rings. The second kappa shape index (κ2) is 9.16. The molecule has 1 rings (SSSR count). The first kappa shape index (κ1) is 17.2. The molecule has 0 aliphatic rings. The SMILES string of the molecule is CC(C)Cc1ccc(CC(=O)NCCCCC(=O)O)cc1. The second-order valence-electron chi connectivity index (χ2n) is 5.79. The first-order valence-corrected chi connectivity index (χ1v) is 7.53. The van der Waals surface area contributed by atoms with E-state index < -0.39 is 5.97 Å². The molecular formula is C17H25NO3. The smallest absolute Gasteiger partial charge is 0.303 e. The van der Waals surface area contributed by atoms with E-state index in [1.807, 2.05) is 12.1 Å². The molecule has 0 aromatic heterocycles. The zero-order chi connectivity index (χ0) is 15.7. The lowest BCUT2D eigenvalue weighted by Gasteiger charge is -2.07. The van der Waals surface area contributed by atoms with Gasteiger partial charge in [-0.05, 0) is 36.3 Å². The van der Waals surface area contributed by atoms with Crippen LogP contribution in [-0.2, 0) is 22.4 Å². The Morgan fingerprint density at radius 3 is 2.29 bits per heavy atom. The summed E-state index contributed by atoms with van der Waals surface area (Å²) in [6.45, 7) is 4.91. The van der Waals surface area contributed by atoms with Gasteiger partial charge in [-0.3, -0.25) is 9.59 Å². The molecule has 2 N–H and O–H groups in total. The maximum absolute atomic E-state index is 11.7. The number of aliphatic carboxylic acids is 1. The van der Waals surface area contributed by atoms with Crippen molar-refractivity contribution in [3.05, 3.63) is 35.4 Å². The third-order valence-corrected chi connectivity index (χ3v) is 3.17. The van der Waals surface area contributed by atoms with Gasteiger partial charge in [-0.1, -0.05) is 38.1 Å². The second-order valence-corrected chi connectivity index (χ2v) is 5.79. The van der Waals surface area contributed by atoms with E-state index in [1.165, 1.54) is 5.56 Å². The fraction of sp³-hybridized carbons (Fsp3) is 0.529. The fourth-order valence-corrected chi connectivity index (χ4v) is 2.14. The first-order chi connectivity index (χ1) is 9.97. The Morgan fingerprint density at radius 2 is 1.71 bits per heavy atom. The Kier molecular flexibility index (Phi) is 7.51. The number of carboxylic acid groups (broad SMARTS) is 1. The highest BCUT2D eigenvalue weighted by Gasteiger charge is 2.04. The van der Waals surface area contributed by atoms with Crippen LogP contribution in [0.4, 0.5) is 0 Å². The number of nitrogens with one attached hydrogen (secondary N) is 1. The van der Waals surface area contributed by atoms with Crippen LogP contribution < -0.4 is 5.32 Å². The van der Waals surface area contributed by atoms with Crippen molar-refractivity contribution in [2.24, 2.45) is 5.92 Å². The van der Waals surface area contributed by atoms with Crippen molar-refractivity contribution >= 4 is 11.9 Å². The number of hydrogen-bond donors (Lipinski definition) is 2. The summed E-state index contributed by atoms with van der Waals surface area (Å²) in [4.78, 5) is 22.1. The predicted octanol–water partition coefficient (Wildman–Crippen LogP) is 2.80. The lowest BCUT2D eigenvalue weighted by Crippen LogP contribution is -2.26. The van der Waals surface area contributed by atoms with Crippen molar-refractivity contribution in [3.8, 4) is 0 Å². The summed E-state index contributed by atoms with van der Waals surface area (Å²) >= 11 is 0. The normalized spacial score (nSPS) is 10.6. The van der Waals surface area contributed by atoms with E-state index >= 15 is 0 Å². The molecule has 0 unspecified atom stereocenters. The molecular weight excluding hydrogens is 266 g/mol.